The van der Waals surface area contributed by atoms with Crippen LogP contribution in [0.1, 0.15) is 22.3 Å². The molecule has 5 nitrogen and oxygen atoms in total. The van der Waals surface area contributed by atoms with E-state index < -0.39 is 24.1 Å². The Morgan fingerprint density at radius 1 is 0.852 bits per heavy atom. The number of carboxylic acids is 2. The molecule has 27 heavy (non-hydrogen) atoms. The zero-order valence-electron chi connectivity index (χ0n) is 14.9. The van der Waals surface area contributed by atoms with Crippen LogP contribution in [0.2, 0.25) is 10.0 Å². The van der Waals surface area contributed by atoms with Crippen molar-refractivity contribution < 1.29 is 24.5 Å². The maximum absolute atomic E-state index is 11.6. The van der Waals surface area contributed by atoms with Crippen LogP contribution in [0.25, 0.3) is 0 Å². The van der Waals surface area contributed by atoms with Gasteiger partial charge in [0.2, 0.25) is 0 Å². The van der Waals surface area contributed by atoms with Crippen molar-refractivity contribution in [3.8, 4) is 0 Å². The molecule has 144 valence electrons. The third-order valence-corrected chi connectivity index (χ3v) is 5.01. The van der Waals surface area contributed by atoms with Crippen molar-refractivity contribution in [3.05, 3.63) is 68.7 Å². The number of halogens is 2. The number of carboxylic acid groups (broad SMARTS) is 2. The molecular weight excluding hydrogens is 391 g/mol. The van der Waals surface area contributed by atoms with Crippen LogP contribution in [0.4, 0.5) is 0 Å². The summed E-state index contributed by atoms with van der Waals surface area (Å²) in [6.07, 6.45) is -2.61. The molecule has 0 saturated heterocycles. The Morgan fingerprint density at radius 2 is 1.22 bits per heavy atom. The second-order valence-electron chi connectivity index (χ2n) is 6.37. The highest BCUT2D eigenvalue weighted by Crippen LogP contribution is 2.21. The Hall–Kier alpha value is -2.08. The monoisotopic (exact) mass is 410 g/mol. The summed E-state index contributed by atoms with van der Waals surface area (Å²) in [5, 5.41) is 20.0. The first-order chi connectivity index (χ1) is 12.7. The molecule has 2 aromatic carbocycles. The molecule has 0 heterocycles. The molecule has 0 fully saturated rings. The van der Waals surface area contributed by atoms with Crippen molar-refractivity contribution >= 4 is 35.1 Å². The van der Waals surface area contributed by atoms with Gasteiger partial charge in [0.15, 0.2) is 12.2 Å². The zero-order valence-corrected chi connectivity index (χ0v) is 16.4. The van der Waals surface area contributed by atoms with Crippen molar-refractivity contribution in [2.45, 2.75) is 38.9 Å². The molecule has 0 aromatic heterocycles. The molecule has 0 radical (unpaired) electrons. The van der Waals surface area contributed by atoms with E-state index in [0.29, 0.717) is 21.2 Å². The highest BCUT2D eigenvalue weighted by Gasteiger charge is 2.28. The third-order valence-electron chi connectivity index (χ3n) is 4.19. The summed E-state index contributed by atoms with van der Waals surface area (Å²) in [7, 11) is 0. The first-order valence-corrected chi connectivity index (χ1v) is 9.04. The summed E-state index contributed by atoms with van der Waals surface area (Å²) in [6.45, 7) is 3.68. The van der Waals surface area contributed by atoms with E-state index in [1.807, 2.05) is 13.8 Å². The lowest BCUT2D eigenvalue weighted by Gasteiger charge is -2.20. The average molecular weight is 411 g/mol. The molecule has 0 aliphatic rings. The van der Waals surface area contributed by atoms with Crippen LogP contribution >= 0.6 is 23.2 Å². The molecule has 0 aliphatic carbocycles. The Balaban J connectivity index is 2.16. The van der Waals surface area contributed by atoms with E-state index in [9.17, 15) is 19.8 Å². The summed E-state index contributed by atoms with van der Waals surface area (Å²) in [4.78, 5) is 23.2. The van der Waals surface area contributed by atoms with Gasteiger partial charge in [-0.05, 0) is 48.2 Å². The average Bonchev–Trinajstić information content (AvgIpc) is 2.59. The van der Waals surface area contributed by atoms with Gasteiger partial charge in [-0.2, -0.15) is 0 Å². The highest BCUT2D eigenvalue weighted by molar-refractivity contribution is 6.31. The fourth-order valence-electron chi connectivity index (χ4n) is 2.54. The molecule has 2 unspecified atom stereocenters. The maximum Gasteiger partial charge on any atom is 0.333 e. The van der Waals surface area contributed by atoms with Crippen LogP contribution in [-0.4, -0.2) is 34.4 Å². The molecule has 2 atom stereocenters. The van der Waals surface area contributed by atoms with Gasteiger partial charge >= 0.3 is 11.9 Å². The summed E-state index contributed by atoms with van der Waals surface area (Å²) < 4.78 is 5.44. The predicted octanol–water partition coefficient (Wildman–Crippen LogP) is 4.32. The molecule has 2 aromatic rings. The molecule has 0 spiro atoms. The van der Waals surface area contributed by atoms with Gasteiger partial charge in [0.05, 0.1) is 0 Å². The van der Waals surface area contributed by atoms with Gasteiger partial charge in [-0.3, -0.25) is 0 Å². The van der Waals surface area contributed by atoms with Crippen LogP contribution < -0.4 is 0 Å². The Labute approximate surface area is 167 Å². The Kier molecular flexibility index (Phi) is 7.25. The van der Waals surface area contributed by atoms with Crippen molar-refractivity contribution in [2.75, 3.05) is 0 Å². The fourth-order valence-corrected chi connectivity index (χ4v) is 2.95. The summed E-state index contributed by atoms with van der Waals surface area (Å²) in [5.41, 5.74) is 3.04. The van der Waals surface area contributed by atoms with Crippen LogP contribution in [0, 0.1) is 13.8 Å². The largest absolute Gasteiger partial charge is 0.479 e. The number of hydrogen-bond acceptors (Lipinski definition) is 3. The summed E-state index contributed by atoms with van der Waals surface area (Å²) >= 11 is 12.1. The van der Waals surface area contributed by atoms with E-state index in [1.54, 1.807) is 36.4 Å². The van der Waals surface area contributed by atoms with E-state index >= 15 is 0 Å². The van der Waals surface area contributed by atoms with Crippen molar-refractivity contribution in [1.82, 2.24) is 0 Å². The van der Waals surface area contributed by atoms with Gasteiger partial charge in [0.25, 0.3) is 0 Å². The molecular formula is C20H20Cl2O5. The molecule has 0 bridgehead atoms. The van der Waals surface area contributed by atoms with Crippen LogP contribution in [0.3, 0.4) is 0 Å². The molecule has 0 aliphatic heterocycles. The van der Waals surface area contributed by atoms with E-state index in [2.05, 4.69) is 0 Å². The van der Waals surface area contributed by atoms with E-state index in [0.717, 1.165) is 11.1 Å². The lowest BCUT2D eigenvalue weighted by Crippen LogP contribution is -2.36. The molecule has 7 heteroatoms. The number of rotatable bonds is 8. The van der Waals surface area contributed by atoms with Crippen molar-refractivity contribution in [2.24, 2.45) is 0 Å². The molecule has 2 N–H and O–H groups in total. The lowest BCUT2D eigenvalue weighted by molar-refractivity contribution is -0.165. The number of benzene rings is 2. The van der Waals surface area contributed by atoms with Gasteiger partial charge in [-0.15, -0.1) is 0 Å². The second-order valence-corrected chi connectivity index (χ2v) is 7.18. The minimum Gasteiger partial charge on any atom is -0.479 e. The van der Waals surface area contributed by atoms with Gasteiger partial charge in [-0.25, -0.2) is 9.59 Å². The molecule has 0 saturated carbocycles. The first kappa shape index (κ1) is 21.2. The minimum atomic E-state index is -1.31. The SMILES string of the molecule is Cc1ccc(CC(OC(Cc2ccc(C)c(Cl)c2)C(=O)O)C(=O)O)cc1Cl. The van der Waals surface area contributed by atoms with Crippen molar-refractivity contribution in [1.29, 1.82) is 0 Å². The minimum absolute atomic E-state index is 0.00771. The number of carbonyl (C=O) groups is 2. The van der Waals surface area contributed by atoms with Gasteiger partial charge in [0.1, 0.15) is 0 Å². The lowest BCUT2D eigenvalue weighted by atomic mass is 10.0. The second kappa shape index (κ2) is 9.22. The zero-order chi connectivity index (χ0) is 20.1. The summed E-state index contributed by atoms with van der Waals surface area (Å²) in [6, 6.07) is 10.4. The Morgan fingerprint density at radius 3 is 1.52 bits per heavy atom. The van der Waals surface area contributed by atoms with Crippen LogP contribution in [0.5, 0.6) is 0 Å². The van der Waals surface area contributed by atoms with Gasteiger partial charge < -0.3 is 14.9 Å². The predicted molar refractivity (Wildman–Crippen MR) is 104 cm³/mol. The summed E-state index contributed by atoms with van der Waals surface area (Å²) in [5.74, 6) is -2.47. The number of aliphatic carboxylic acids is 2. The van der Waals surface area contributed by atoms with Crippen LogP contribution in [0.15, 0.2) is 36.4 Å². The van der Waals surface area contributed by atoms with Gasteiger partial charge in [0, 0.05) is 22.9 Å². The van der Waals surface area contributed by atoms with E-state index in [4.69, 9.17) is 27.9 Å². The topological polar surface area (TPSA) is 83.8 Å². The number of hydrogen-bond donors (Lipinski definition) is 2. The smallest absolute Gasteiger partial charge is 0.333 e. The Bertz CT molecular complexity index is 781. The normalized spacial score (nSPS) is 13.2. The maximum atomic E-state index is 11.6. The first-order valence-electron chi connectivity index (χ1n) is 8.28. The van der Waals surface area contributed by atoms with Crippen LogP contribution in [-0.2, 0) is 27.2 Å². The standard InChI is InChI=1S/C20H20Cl2O5/c1-11-3-5-13(7-15(11)21)9-17(19(23)24)27-18(20(25)26)10-14-6-4-12(2)16(22)8-14/h3-8,17-18H,9-10H2,1-2H3,(H,23,24)(H,25,26). The van der Waals surface area contributed by atoms with E-state index in [1.165, 1.54) is 0 Å². The van der Waals surface area contributed by atoms with E-state index in [-0.39, 0.29) is 12.8 Å². The fraction of sp³-hybridized carbons (Fsp3) is 0.300. The highest BCUT2D eigenvalue weighted by atomic mass is 35.5. The molecule has 0 amide bonds. The quantitative estimate of drug-likeness (QED) is 0.676. The number of aryl methyl sites for hydroxylation is 2. The van der Waals surface area contributed by atoms with Crippen molar-refractivity contribution in [3.63, 3.8) is 0 Å². The third kappa shape index (κ3) is 5.96. The van der Waals surface area contributed by atoms with Gasteiger partial charge in [-0.1, -0.05) is 47.5 Å². The number of ether oxygens (including phenoxy) is 1. The molecule has 2 rings (SSSR count).